The third-order valence-corrected chi connectivity index (χ3v) is 4.30. The van der Waals surface area contributed by atoms with E-state index >= 15 is 0 Å². The average Bonchev–Trinajstić information content (AvgIpc) is 2.50. The number of ether oxygens (including phenoxy) is 1. The summed E-state index contributed by atoms with van der Waals surface area (Å²) in [7, 11) is 0. The topological polar surface area (TPSA) is 42.4 Å². The van der Waals surface area contributed by atoms with Gasteiger partial charge in [0, 0.05) is 32.1 Å². The van der Waals surface area contributed by atoms with Gasteiger partial charge >= 0.3 is 5.97 Å². The van der Waals surface area contributed by atoms with Crippen LogP contribution < -0.4 is 4.90 Å². The summed E-state index contributed by atoms with van der Waals surface area (Å²) in [4.78, 5) is 18.5. The second-order valence-electron chi connectivity index (χ2n) is 5.47. The number of nitrogens with zero attached hydrogens (tertiary/aromatic N) is 2. The van der Waals surface area contributed by atoms with E-state index in [9.17, 15) is 4.79 Å². The number of piperidine rings is 1. The molecule has 0 saturated carbocycles. The van der Waals surface area contributed by atoms with Gasteiger partial charge in [-0.25, -0.2) is 4.98 Å². The summed E-state index contributed by atoms with van der Waals surface area (Å²) in [5, 5.41) is 0.646. The van der Waals surface area contributed by atoms with E-state index in [0.29, 0.717) is 5.02 Å². The Kier molecular flexibility index (Phi) is 5.85. The average molecular weight is 311 g/mol. The molecule has 1 aliphatic heterocycles. The van der Waals surface area contributed by atoms with Gasteiger partial charge in [0.25, 0.3) is 0 Å². The normalized spacial score (nSPS) is 16.3. The first-order valence-corrected chi connectivity index (χ1v) is 8.08. The minimum Gasteiger partial charge on any atom is -0.462 e. The van der Waals surface area contributed by atoms with Crippen LogP contribution in [0, 0.1) is 5.92 Å². The molecule has 0 spiro atoms. The molecule has 0 aliphatic carbocycles. The van der Waals surface area contributed by atoms with Gasteiger partial charge in [0.05, 0.1) is 10.9 Å². The largest absolute Gasteiger partial charge is 0.462 e. The van der Waals surface area contributed by atoms with Gasteiger partial charge in [0.1, 0.15) is 11.9 Å². The van der Waals surface area contributed by atoms with E-state index in [1.54, 1.807) is 6.20 Å². The van der Waals surface area contributed by atoms with Crippen LogP contribution in [0.2, 0.25) is 5.02 Å². The molecule has 0 unspecified atom stereocenters. The molecule has 5 heteroatoms. The van der Waals surface area contributed by atoms with Crippen molar-refractivity contribution < 1.29 is 9.53 Å². The van der Waals surface area contributed by atoms with E-state index in [0.717, 1.165) is 44.6 Å². The summed E-state index contributed by atoms with van der Waals surface area (Å²) in [6.07, 6.45) is 5.12. The minimum absolute atomic E-state index is 0.0388. The van der Waals surface area contributed by atoms with E-state index in [1.807, 2.05) is 26.0 Å². The van der Waals surface area contributed by atoms with Gasteiger partial charge in [-0.3, -0.25) is 4.79 Å². The van der Waals surface area contributed by atoms with Crippen LogP contribution in [-0.4, -0.2) is 30.1 Å². The fourth-order valence-corrected chi connectivity index (χ4v) is 2.75. The van der Waals surface area contributed by atoms with E-state index in [4.69, 9.17) is 16.3 Å². The van der Waals surface area contributed by atoms with E-state index in [2.05, 4.69) is 9.88 Å². The van der Waals surface area contributed by atoms with Gasteiger partial charge in [-0.1, -0.05) is 25.4 Å². The van der Waals surface area contributed by atoms with Crippen LogP contribution in [0.5, 0.6) is 0 Å². The lowest BCUT2D eigenvalue weighted by Gasteiger charge is -2.33. The Hall–Kier alpha value is -1.29. The first-order valence-electron chi connectivity index (χ1n) is 7.71. The Morgan fingerprint density at radius 2 is 2.05 bits per heavy atom. The standard InChI is InChI=1S/C16H23ClN2O2/c1-3-12(4-2)16(20)21-14-7-9-19(10-8-14)15-6-5-13(17)11-18-15/h5-6,11-12,14H,3-4,7-10H2,1-2H3. The van der Waals surface area contributed by atoms with E-state index in [1.165, 1.54) is 0 Å². The number of hydrogen-bond acceptors (Lipinski definition) is 4. The molecular weight excluding hydrogens is 288 g/mol. The summed E-state index contributed by atoms with van der Waals surface area (Å²) >= 11 is 5.85. The van der Waals surface area contributed by atoms with Crippen molar-refractivity contribution >= 4 is 23.4 Å². The van der Waals surface area contributed by atoms with Crippen LogP contribution >= 0.6 is 11.6 Å². The second-order valence-corrected chi connectivity index (χ2v) is 5.91. The second kappa shape index (κ2) is 7.64. The number of aromatic nitrogens is 1. The summed E-state index contributed by atoms with van der Waals surface area (Å²) in [5.74, 6) is 0.938. The van der Waals surface area contributed by atoms with Crippen LogP contribution in [0.15, 0.2) is 18.3 Å². The molecule has 0 N–H and O–H groups in total. The Morgan fingerprint density at radius 3 is 2.57 bits per heavy atom. The zero-order valence-corrected chi connectivity index (χ0v) is 13.5. The number of rotatable bonds is 5. The number of esters is 1. The number of carbonyl (C=O) groups is 1. The van der Waals surface area contributed by atoms with Crippen LogP contribution in [0.25, 0.3) is 0 Å². The van der Waals surface area contributed by atoms with Gasteiger partial charge in [-0.05, 0) is 25.0 Å². The predicted octanol–water partition coefficient (Wildman–Crippen LogP) is 3.68. The van der Waals surface area contributed by atoms with Crippen molar-refractivity contribution in [3.8, 4) is 0 Å². The van der Waals surface area contributed by atoms with E-state index in [-0.39, 0.29) is 18.0 Å². The van der Waals surface area contributed by atoms with Gasteiger partial charge < -0.3 is 9.64 Å². The fraction of sp³-hybridized carbons (Fsp3) is 0.625. The molecule has 0 amide bonds. The summed E-state index contributed by atoms with van der Waals surface area (Å²) < 4.78 is 5.63. The van der Waals surface area contributed by atoms with E-state index < -0.39 is 0 Å². The van der Waals surface area contributed by atoms with Crippen molar-refractivity contribution in [1.82, 2.24) is 4.98 Å². The first-order chi connectivity index (χ1) is 10.1. The molecule has 4 nitrogen and oxygen atoms in total. The smallest absolute Gasteiger partial charge is 0.309 e. The number of pyridine rings is 1. The molecule has 1 fully saturated rings. The number of carbonyl (C=O) groups excluding carboxylic acids is 1. The van der Waals surface area contributed by atoms with Crippen LogP contribution in [-0.2, 0) is 9.53 Å². The summed E-state index contributed by atoms with van der Waals surface area (Å²) in [6.45, 7) is 5.78. The van der Waals surface area contributed by atoms with Gasteiger partial charge in [0.15, 0.2) is 0 Å². The highest BCUT2D eigenvalue weighted by Crippen LogP contribution is 2.22. The molecule has 1 saturated heterocycles. The molecule has 0 aromatic carbocycles. The molecule has 1 aromatic rings. The predicted molar refractivity (Wildman–Crippen MR) is 84.6 cm³/mol. The van der Waals surface area contributed by atoms with Crippen molar-refractivity contribution in [1.29, 1.82) is 0 Å². The zero-order valence-electron chi connectivity index (χ0n) is 12.7. The maximum atomic E-state index is 12.0. The first kappa shape index (κ1) is 16.1. The monoisotopic (exact) mass is 310 g/mol. The number of anilines is 1. The van der Waals surface area contributed by atoms with Crippen molar-refractivity contribution in [2.24, 2.45) is 5.92 Å². The Bertz CT molecular complexity index is 452. The lowest BCUT2D eigenvalue weighted by Crippen LogP contribution is -2.39. The highest BCUT2D eigenvalue weighted by Gasteiger charge is 2.25. The molecule has 116 valence electrons. The van der Waals surface area contributed by atoms with Gasteiger partial charge in [-0.2, -0.15) is 0 Å². The van der Waals surface area contributed by atoms with Gasteiger partial charge in [-0.15, -0.1) is 0 Å². The highest BCUT2D eigenvalue weighted by atomic mass is 35.5. The highest BCUT2D eigenvalue weighted by molar-refractivity contribution is 6.30. The lowest BCUT2D eigenvalue weighted by molar-refractivity contribution is -0.155. The lowest BCUT2D eigenvalue weighted by atomic mass is 10.0. The zero-order chi connectivity index (χ0) is 15.2. The SMILES string of the molecule is CCC(CC)C(=O)OC1CCN(c2ccc(Cl)cn2)CC1. The van der Waals surface area contributed by atoms with Crippen molar-refractivity contribution in [3.63, 3.8) is 0 Å². The maximum absolute atomic E-state index is 12.0. The molecule has 1 aromatic heterocycles. The Balaban J connectivity index is 1.83. The van der Waals surface area contributed by atoms with Crippen LogP contribution in [0.3, 0.4) is 0 Å². The van der Waals surface area contributed by atoms with Crippen molar-refractivity contribution in [2.45, 2.75) is 45.6 Å². The molecule has 2 heterocycles. The fourth-order valence-electron chi connectivity index (χ4n) is 2.64. The molecule has 21 heavy (non-hydrogen) atoms. The molecule has 2 rings (SSSR count). The quantitative estimate of drug-likeness (QED) is 0.778. The third kappa shape index (κ3) is 4.34. The maximum Gasteiger partial charge on any atom is 0.309 e. The third-order valence-electron chi connectivity index (χ3n) is 4.08. The number of halogens is 1. The molecule has 0 atom stereocenters. The van der Waals surface area contributed by atoms with Crippen molar-refractivity contribution in [2.75, 3.05) is 18.0 Å². The van der Waals surface area contributed by atoms with Crippen LogP contribution in [0.1, 0.15) is 39.5 Å². The molecular formula is C16H23ClN2O2. The molecule has 1 aliphatic rings. The summed E-state index contributed by atoms with van der Waals surface area (Å²) in [6, 6.07) is 3.78. The number of hydrogen-bond donors (Lipinski definition) is 0. The van der Waals surface area contributed by atoms with Gasteiger partial charge in [0.2, 0.25) is 0 Å². The minimum atomic E-state index is -0.0388. The van der Waals surface area contributed by atoms with Crippen LogP contribution in [0.4, 0.5) is 5.82 Å². The Labute approximate surface area is 131 Å². The van der Waals surface area contributed by atoms with Crippen molar-refractivity contribution in [3.05, 3.63) is 23.4 Å². The Morgan fingerprint density at radius 1 is 1.38 bits per heavy atom. The molecule has 0 radical (unpaired) electrons. The summed E-state index contributed by atoms with van der Waals surface area (Å²) in [5.41, 5.74) is 0. The molecule has 0 bridgehead atoms.